The summed E-state index contributed by atoms with van der Waals surface area (Å²) in [7, 11) is 1.37. The molecule has 368 valence electrons. The first kappa shape index (κ1) is 61.0. The predicted molar refractivity (Wildman–Crippen MR) is 264 cm³/mol. The van der Waals surface area contributed by atoms with Crippen molar-refractivity contribution < 1.29 is 37.3 Å². The Morgan fingerprint density at radius 2 is 0.887 bits per heavy atom. The first-order chi connectivity index (χ1) is 30.1. The van der Waals surface area contributed by atoms with Crippen molar-refractivity contribution in [2.45, 2.75) is 258 Å². The molecule has 0 bridgehead atoms. The molecule has 0 N–H and O–H groups in total. The maximum atomic E-state index is 12.8. The monoisotopic (exact) mass is 898 g/mol. The third kappa shape index (κ3) is 50.0. The molecule has 0 saturated carbocycles. The molecule has 0 aliphatic heterocycles. The van der Waals surface area contributed by atoms with E-state index in [0.717, 1.165) is 38.5 Å². The lowest BCUT2D eigenvalue weighted by Gasteiger charge is -2.28. The summed E-state index contributed by atoms with van der Waals surface area (Å²) in [6.45, 7) is 5.46. The molecule has 8 nitrogen and oxygen atoms in total. The summed E-state index contributed by atoms with van der Waals surface area (Å²) < 4.78 is 34.8. The van der Waals surface area contributed by atoms with Crippen LogP contribution in [0.3, 0.4) is 0 Å². The topological polar surface area (TPSA) is 94.1 Å². The van der Waals surface area contributed by atoms with E-state index >= 15 is 0 Å². The summed E-state index contributed by atoms with van der Waals surface area (Å²) >= 11 is 0. The fourth-order valence-electron chi connectivity index (χ4n) is 7.64. The van der Waals surface area contributed by atoms with Crippen molar-refractivity contribution >= 4 is 13.8 Å². The van der Waals surface area contributed by atoms with Crippen LogP contribution in [0.1, 0.15) is 251 Å². The van der Waals surface area contributed by atoms with Crippen LogP contribution in [0.25, 0.3) is 0 Å². The number of rotatable bonds is 50. The number of nitrogens with zero attached hydrogens (tertiary/aromatic N) is 1. The van der Waals surface area contributed by atoms with Crippen LogP contribution in [0.15, 0.2) is 24.3 Å². The van der Waals surface area contributed by atoms with Gasteiger partial charge in [-0.05, 0) is 44.9 Å². The van der Waals surface area contributed by atoms with Crippen LogP contribution in [0.5, 0.6) is 0 Å². The van der Waals surface area contributed by atoms with E-state index in [2.05, 4.69) is 38.2 Å². The molecule has 0 aromatic carbocycles. The largest absolute Gasteiger partial charge is 0.756 e. The summed E-state index contributed by atoms with van der Waals surface area (Å²) in [5.74, 6) is -0.331. The number of unbranched alkanes of at least 4 members (excludes halogenated alkanes) is 32. The minimum Gasteiger partial charge on any atom is -0.756 e. The molecule has 0 saturated heterocycles. The zero-order valence-electron chi connectivity index (χ0n) is 41.8. The molecule has 0 aliphatic rings. The second kappa shape index (κ2) is 46.5. The van der Waals surface area contributed by atoms with Gasteiger partial charge in [-0.2, -0.15) is 0 Å². The number of allylic oxidation sites excluding steroid dienone is 4. The fourth-order valence-corrected chi connectivity index (χ4v) is 8.37. The van der Waals surface area contributed by atoms with E-state index < -0.39 is 13.9 Å². The number of carbonyl (C=O) groups excluding carboxylic acids is 1. The quantitative estimate of drug-likeness (QED) is 0.0197. The first-order valence-corrected chi connectivity index (χ1v) is 28.0. The average molecular weight is 898 g/mol. The summed E-state index contributed by atoms with van der Waals surface area (Å²) in [5.41, 5.74) is 0. The third-order valence-electron chi connectivity index (χ3n) is 11.8. The van der Waals surface area contributed by atoms with E-state index in [1.165, 1.54) is 193 Å². The van der Waals surface area contributed by atoms with E-state index in [1.54, 1.807) is 0 Å². The Bertz CT molecular complexity index is 1050. The van der Waals surface area contributed by atoms with Crippen molar-refractivity contribution in [2.24, 2.45) is 0 Å². The van der Waals surface area contributed by atoms with E-state index in [4.69, 9.17) is 18.5 Å². The Balaban J connectivity index is 4.09. The van der Waals surface area contributed by atoms with Crippen LogP contribution in [0.2, 0.25) is 0 Å². The number of phosphoric acid groups is 1. The number of ether oxygens (including phenoxy) is 2. The van der Waals surface area contributed by atoms with Gasteiger partial charge in [0.15, 0.2) is 0 Å². The van der Waals surface area contributed by atoms with Gasteiger partial charge in [0.25, 0.3) is 7.82 Å². The molecule has 0 aromatic heterocycles. The molecule has 0 spiro atoms. The number of esters is 1. The minimum absolute atomic E-state index is 0.0283. The van der Waals surface area contributed by atoms with E-state index in [1.807, 2.05) is 21.1 Å². The van der Waals surface area contributed by atoms with Gasteiger partial charge in [0.05, 0.1) is 34.4 Å². The molecule has 0 heterocycles. The Kier molecular flexibility index (Phi) is 45.7. The lowest BCUT2D eigenvalue weighted by molar-refractivity contribution is -0.870. The second-order valence-corrected chi connectivity index (χ2v) is 20.7. The van der Waals surface area contributed by atoms with Gasteiger partial charge in [0.2, 0.25) is 0 Å². The zero-order valence-corrected chi connectivity index (χ0v) is 42.7. The van der Waals surface area contributed by atoms with Crippen LogP contribution in [-0.4, -0.2) is 70.7 Å². The van der Waals surface area contributed by atoms with E-state index in [0.29, 0.717) is 24.1 Å². The number of hydrogen-bond donors (Lipinski definition) is 0. The van der Waals surface area contributed by atoms with E-state index in [-0.39, 0.29) is 25.8 Å². The number of hydrogen-bond acceptors (Lipinski definition) is 7. The summed E-state index contributed by atoms with van der Waals surface area (Å²) in [6, 6.07) is 0. The third-order valence-corrected chi connectivity index (χ3v) is 12.7. The van der Waals surface area contributed by atoms with Crippen LogP contribution < -0.4 is 4.89 Å². The standard InChI is InChI=1S/C53H104NO7P/c1-6-8-10-12-14-16-18-20-22-24-25-26-27-28-29-30-32-34-36-38-40-42-44-46-53(55)61-52(51-60-62(56,57)59-49-47-54(3,4)5)50-58-48-45-43-41-39-37-35-33-31-23-21-19-17-15-13-11-9-7-2/h18,20,24-25,52H,6-17,19,21-23,26-51H2,1-5H3/b20-18-,25-24-. The molecule has 62 heavy (non-hydrogen) atoms. The van der Waals surface area contributed by atoms with Gasteiger partial charge in [-0.1, -0.05) is 224 Å². The Labute approximate surface area is 385 Å². The predicted octanol–water partition coefficient (Wildman–Crippen LogP) is 15.7. The first-order valence-electron chi connectivity index (χ1n) is 26.6. The highest BCUT2D eigenvalue weighted by atomic mass is 31.2. The molecule has 0 aromatic rings. The number of likely N-dealkylation sites (N-methyl/N-ethyl adjacent to an activating group) is 1. The molecule has 2 atom stereocenters. The van der Waals surface area contributed by atoms with Crippen molar-refractivity contribution in [3.05, 3.63) is 24.3 Å². The SMILES string of the molecule is CCCCCCC/C=C\C/C=C\CCCCCCCCCCCCCC(=O)OC(COCCCCCCCCCCCCCCCCCCC)COP(=O)([O-])OCC[N+](C)(C)C. The van der Waals surface area contributed by atoms with Gasteiger partial charge in [0.1, 0.15) is 19.3 Å². The van der Waals surface area contributed by atoms with Gasteiger partial charge in [-0.3, -0.25) is 9.36 Å². The molecular formula is C53H104NO7P. The van der Waals surface area contributed by atoms with Crippen molar-refractivity contribution in [1.82, 2.24) is 0 Å². The van der Waals surface area contributed by atoms with E-state index in [9.17, 15) is 14.3 Å². The number of carbonyl (C=O) groups is 1. The number of quaternary nitrogens is 1. The molecule has 9 heteroatoms. The van der Waals surface area contributed by atoms with Crippen LogP contribution >= 0.6 is 7.82 Å². The Hall–Kier alpha value is -1.02. The van der Waals surface area contributed by atoms with Gasteiger partial charge in [-0.15, -0.1) is 0 Å². The van der Waals surface area contributed by atoms with Crippen molar-refractivity contribution in [1.29, 1.82) is 0 Å². The summed E-state index contributed by atoms with van der Waals surface area (Å²) in [6.07, 6.45) is 54.8. The average Bonchev–Trinajstić information content (AvgIpc) is 3.23. The van der Waals surface area contributed by atoms with Crippen LogP contribution in [0, 0.1) is 0 Å². The van der Waals surface area contributed by atoms with Crippen molar-refractivity contribution in [3.63, 3.8) is 0 Å². The van der Waals surface area contributed by atoms with Gasteiger partial charge in [0, 0.05) is 13.0 Å². The lowest BCUT2D eigenvalue weighted by Crippen LogP contribution is -2.37. The smallest absolute Gasteiger partial charge is 0.306 e. The normalized spacial score (nSPS) is 13.7. The van der Waals surface area contributed by atoms with Gasteiger partial charge in [-0.25, -0.2) is 0 Å². The fraction of sp³-hybridized carbons (Fsp3) is 0.906. The maximum absolute atomic E-state index is 12.8. The van der Waals surface area contributed by atoms with Crippen molar-refractivity contribution in [3.8, 4) is 0 Å². The summed E-state index contributed by atoms with van der Waals surface area (Å²) in [5, 5.41) is 0. The Morgan fingerprint density at radius 3 is 1.31 bits per heavy atom. The highest BCUT2D eigenvalue weighted by molar-refractivity contribution is 7.45. The zero-order chi connectivity index (χ0) is 45.5. The summed E-state index contributed by atoms with van der Waals surface area (Å²) in [4.78, 5) is 25.2. The highest BCUT2D eigenvalue weighted by Gasteiger charge is 2.20. The second-order valence-electron chi connectivity index (χ2n) is 19.2. The lowest BCUT2D eigenvalue weighted by atomic mass is 10.0. The van der Waals surface area contributed by atoms with Crippen LogP contribution in [-0.2, 0) is 27.9 Å². The molecule has 0 fully saturated rings. The van der Waals surface area contributed by atoms with Gasteiger partial charge < -0.3 is 27.9 Å². The molecule has 2 unspecified atom stereocenters. The number of phosphoric ester groups is 1. The molecule has 0 aliphatic carbocycles. The highest BCUT2D eigenvalue weighted by Crippen LogP contribution is 2.38. The molecule has 0 amide bonds. The molecule has 0 radical (unpaired) electrons. The molecular weight excluding hydrogens is 794 g/mol. The van der Waals surface area contributed by atoms with Crippen LogP contribution in [0.4, 0.5) is 0 Å². The molecule has 0 rings (SSSR count). The van der Waals surface area contributed by atoms with Crippen molar-refractivity contribution in [2.75, 3.05) is 54.1 Å². The van der Waals surface area contributed by atoms with Gasteiger partial charge >= 0.3 is 5.97 Å². The maximum Gasteiger partial charge on any atom is 0.306 e. The Morgan fingerprint density at radius 1 is 0.500 bits per heavy atom. The minimum atomic E-state index is -4.53.